The smallest absolute Gasteiger partial charge is 0.280 e. The highest BCUT2D eigenvalue weighted by Gasteiger charge is 2.49. The van der Waals surface area contributed by atoms with Crippen LogP contribution in [0.5, 0.6) is 0 Å². The molecule has 43 heavy (non-hydrogen) atoms. The number of H-pyrrole nitrogens is 1. The number of imidazole rings is 1. The monoisotopic (exact) mass is 643 g/mol. The van der Waals surface area contributed by atoms with Crippen molar-refractivity contribution in [1.29, 1.82) is 0 Å². The molecule has 2 saturated heterocycles. The van der Waals surface area contributed by atoms with Crippen molar-refractivity contribution in [2.24, 2.45) is 5.92 Å². The summed E-state index contributed by atoms with van der Waals surface area (Å²) in [7, 11) is 2.03. The number of hydrogen-bond acceptors (Lipinski definition) is 13. The molecule has 16 nitrogen and oxygen atoms in total. The SMILES string of the molecule is Nc1nc2c(ncn2[C@@H]2O[C@H](COPCC[C@H]3[C@H](F)[C@H](n4ccc5c(N)ncnc54)O[C@@H]3COP)[C@@H](F)[C@H]2OO)c(=O)[nH]1. The van der Waals surface area contributed by atoms with Gasteiger partial charge in [0.1, 0.15) is 23.9 Å². The summed E-state index contributed by atoms with van der Waals surface area (Å²) in [6, 6.07) is 1.71. The lowest BCUT2D eigenvalue weighted by Gasteiger charge is -2.19. The molecular formula is C23H29F2N9O7P2. The third kappa shape index (κ3) is 5.58. The molecule has 0 spiro atoms. The number of hydrogen-bond donors (Lipinski definition) is 4. The van der Waals surface area contributed by atoms with Crippen LogP contribution in [-0.2, 0) is 23.4 Å². The fraction of sp³-hybridized carbons (Fsp3) is 0.522. The van der Waals surface area contributed by atoms with Crippen LogP contribution in [0.25, 0.3) is 22.2 Å². The quantitative estimate of drug-likeness (QED) is 0.0790. The van der Waals surface area contributed by atoms with E-state index in [9.17, 15) is 10.1 Å². The fourth-order valence-electron chi connectivity index (χ4n) is 5.52. The molecule has 0 amide bonds. The van der Waals surface area contributed by atoms with Gasteiger partial charge < -0.3 is 34.6 Å². The van der Waals surface area contributed by atoms with Gasteiger partial charge >= 0.3 is 0 Å². The van der Waals surface area contributed by atoms with E-state index in [0.717, 1.165) is 0 Å². The van der Waals surface area contributed by atoms with Crippen molar-refractivity contribution in [3.63, 3.8) is 0 Å². The molecule has 4 aromatic rings. The molecule has 0 saturated carbocycles. The highest BCUT2D eigenvalue weighted by atomic mass is 31.1. The van der Waals surface area contributed by atoms with Crippen LogP contribution >= 0.6 is 18.3 Å². The van der Waals surface area contributed by atoms with Crippen LogP contribution in [0.3, 0.4) is 0 Å². The average molecular weight is 643 g/mol. The normalized spacial score (nSPS) is 29.6. The molecule has 232 valence electrons. The summed E-state index contributed by atoms with van der Waals surface area (Å²) in [6.45, 7) is -0.0124. The first kappa shape index (κ1) is 30.1. The number of anilines is 2. The van der Waals surface area contributed by atoms with Crippen molar-refractivity contribution in [1.82, 2.24) is 34.1 Å². The number of aromatic amines is 1. The van der Waals surface area contributed by atoms with Crippen molar-refractivity contribution in [3.05, 3.63) is 35.3 Å². The summed E-state index contributed by atoms with van der Waals surface area (Å²) < 4.78 is 56.6. The van der Waals surface area contributed by atoms with Crippen molar-refractivity contribution < 1.29 is 37.4 Å². The van der Waals surface area contributed by atoms with Crippen LogP contribution in [0.2, 0.25) is 0 Å². The standard InChI is InChI=1S/C23H29F2N9O7P2/c24-13-9(11(5-37-42)39-21(13)33-3-1-10-17(26)28-7-29-18(10)33)2-4-43-38-6-12-14(25)16(41-36)22(40-12)34-8-30-15-19(34)31-23(27)32-20(15)35/h1,3,7-9,11-14,16,21-22,36,43H,2,4-6,42H2,(H2,26,28,29)(H3,27,31,32,35)/t9-,11-,12-,13+,14-,16-,21-,22-/m1/s1. The Morgan fingerprint density at radius 3 is 2.70 bits per heavy atom. The van der Waals surface area contributed by atoms with E-state index >= 15 is 8.78 Å². The third-order valence-electron chi connectivity index (χ3n) is 7.59. The number of rotatable bonds is 11. The number of nitrogen functional groups attached to an aromatic ring is 2. The van der Waals surface area contributed by atoms with Gasteiger partial charge in [0.15, 0.2) is 42.1 Å². The zero-order chi connectivity index (χ0) is 30.2. The molecule has 6 N–H and O–H groups in total. The maximum atomic E-state index is 15.8. The predicted octanol–water partition coefficient (Wildman–Crippen LogP) is 1.48. The minimum atomic E-state index is -1.78. The highest BCUT2D eigenvalue weighted by molar-refractivity contribution is 7.32. The zero-order valence-electron chi connectivity index (χ0n) is 22.3. The molecule has 2 aliphatic rings. The van der Waals surface area contributed by atoms with Gasteiger partial charge in [-0.05, 0) is 18.6 Å². The first-order valence-electron chi connectivity index (χ1n) is 13.2. The van der Waals surface area contributed by atoms with Crippen molar-refractivity contribution in [3.8, 4) is 0 Å². The summed E-state index contributed by atoms with van der Waals surface area (Å²) in [4.78, 5) is 35.0. The van der Waals surface area contributed by atoms with Gasteiger partial charge in [0, 0.05) is 30.4 Å². The molecule has 2 fully saturated rings. The average Bonchev–Trinajstić information content (AvgIpc) is 3.74. The van der Waals surface area contributed by atoms with Crippen LogP contribution in [0, 0.1) is 5.92 Å². The molecule has 0 aromatic carbocycles. The number of halogens is 2. The Kier molecular flexibility index (Phi) is 8.80. The first-order chi connectivity index (χ1) is 20.8. The van der Waals surface area contributed by atoms with Gasteiger partial charge in [0.25, 0.3) is 5.56 Å². The lowest BCUT2D eigenvalue weighted by atomic mass is 9.96. The Morgan fingerprint density at radius 1 is 1.09 bits per heavy atom. The largest absolute Gasteiger partial charge is 0.383 e. The summed E-state index contributed by atoms with van der Waals surface area (Å²) in [5.74, 6) is -0.390. The Labute approximate surface area is 245 Å². The molecule has 0 bridgehead atoms. The number of nitrogens with two attached hydrogens (primary N) is 2. The molecular weight excluding hydrogens is 614 g/mol. The van der Waals surface area contributed by atoms with Gasteiger partial charge in [-0.3, -0.25) is 19.6 Å². The summed E-state index contributed by atoms with van der Waals surface area (Å²) in [6.07, 6.45) is -3.32. The Hall–Kier alpha value is -2.95. The van der Waals surface area contributed by atoms with E-state index < -0.39 is 54.6 Å². The molecule has 6 heterocycles. The van der Waals surface area contributed by atoms with Gasteiger partial charge in [0.05, 0.1) is 31.0 Å². The minimum absolute atomic E-state index is 0.0367. The lowest BCUT2D eigenvalue weighted by Crippen LogP contribution is -2.31. The number of ether oxygens (including phenoxy) is 2. The Balaban J connectivity index is 1.06. The second kappa shape index (κ2) is 12.6. The number of nitrogens with zero attached hydrogens (tertiary/aromatic N) is 6. The molecule has 4 aromatic heterocycles. The Bertz CT molecular complexity index is 1640. The van der Waals surface area contributed by atoms with E-state index in [2.05, 4.69) is 39.3 Å². The van der Waals surface area contributed by atoms with E-state index in [0.29, 0.717) is 23.6 Å². The van der Waals surface area contributed by atoms with Gasteiger partial charge in [0.2, 0.25) is 5.95 Å². The van der Waals surface area contributed by atoms with Gasteiger partial charge in [-0.1, -0.05) is 0 Å². The van der Waals surface area contributed by atoms with Crippen molar-refractivity contribution in [2.75, 3.05) is 30.8 Å². The summed E-state index contributed by atoms with van der Waals surface area (Å²) in [5.41, 5.74) is 11.4. The first-order valence-corrected chi connectivity index (χ1v) is 14.8. The fourth-order valence-corrected chi connectivity index (χ4v) is 6.59. The molecule has 0 aliphatic carbocycles. The van der Waals surface area contributed by atoms with Crippen LogP contribution in [0.1, 0.15) is 18.9 Å². The van der Waals surface area contributed by atoms with Gasteiger partial charge in [-0.15, -0.1) is 0 Å². The van der Waals surface area contributed by atoms with Gasteiger partial charge in [-0.25, -0.2) is 28.6 Å². The van der Waals surface area contributed by atoms with E-state index in [4.69, 9.17) is 30.0 Å². The minimum Gasteiger partial charge on any atom is -0.383 e. The van der Waals surface area contributed by atoms with E-state index in [1.54, 1.807) is 16.8 Å². The Morgan fingerprint density at radius 2 is 1.91 bits per heavy atom. The zero-order valence-corrected chi connectivity index (χ0v) is 24.5. The third-order valence-corrected chi connectivity index (χ3v) is 8.64. The summed E-state index contributed by atoms with van der Waals surface area (Å²) in [5, 5.41) is 10.0. The topological polar surface area (TPSA) is 213 Å². The number of aromatic nitrogens is 7. The van der Waals surface area contributed by atoms with E-state index in [1.165, 1.54) is 17.2 Å². The van der Waals surface area contributed by atoms with Crippen LogP contribution in [-0.4, -0.2) is 89.3 Å². The maximum Gasteiger partial charge on any atom is 0.280 e. The lowest BCUT2D eigenvalue weighted by molar-refractivity contribution is -0.300. The molecule has 20 heteroatoms. The van der Waals surface area contributed by atoms with Gasteiger partial charge in [-0.2, -0.15) is 4.98 Å². The van der Waals surface area contributed by atoms with Crippen LogP contribution < -0.4 is 17.0 Å². The molecule has 2 unspecified atom stereocenters. The number of nitrogens with one attached hydrogen (secondary N) is 1. The molecule has 10 atom stereocenters. The molecule has 6 rings (SSSR count). The van der Waals surface area contributed by atoms with Crippen LogP contribution in [0.4, 0.5) is 20.5 Å². The number of fused-ring (bicyclic) bond motifs is 2. The maximum absolute atomic E-state index is 15.8. The summed E-state index contributed by atoms with van der Waals surface area (Å²) >= 11 is 0. The second-order valence-electron chi connectivity index (χ2n) is 10.1. The van der Waals surface area contributed by atoms with Crippen LogP contribution in [0.15, 0.2) is 29.7 Å². The second-order valence-corrected chi connectivity index (χ2v) is 11.5. The van der Waals surface area contributed by atoms with E-state index in [-0.39, 0.29) is 45.0 Å². The number of alkyl halides is 2. The van der Waals surface area contributed by atoms with Crippen molar-refractivity contribution in [2.45, 2.75) is 49.5 Å². The highest BCUT2D eigenvalue weighted by Crippen LogP contribution is 2.42. The van der Waals surface area contributed by atoms with Crippen molar-refractivity contribution >= 4 is 52.2 Å². The molecule has 2 aliphatic heterocycles. The predicted molar refractivity (Wildman–Crippen MR) is 153 cm³/mol. The molecule has 0 radical (unpaired) electrons. The van der Waals surface area contributed by atoms with E-state index in [1.807, 2.05) is 0 Å².